The molecule has 5 nitrogen and oxygen atoms in total. The van der Waals surface area contributed by atoms with E-state index in [2.05, 4.69) is 17.9 Å². The van der Waals surface area contributed by atoms with Crippen molar-refractivity contribution < 1.29 is 14.7 Å². The van der Waals surface area contributed by atoms with Crippen LogP contribution < -0.4 is 11.1 Å². The van der Waals surface area contributed by atoms with E-state index in [0.29, 0.717) is 6.42 Å². The smallest absolute Gasteiger partial charge is 0.327 e. The molecule has 17 heavy (non-hydrogen) atoms. The van der Waals surface area contributed by atoms with Crippen molar-refractivity contribution in [1.82, 2.24) is 5.32 Å². The summed E-state index contributed by atoms with van der Waals surface area (Å²) in [5, 5.41) is 11.4. The van der Waals surface area contributed by atoms with Crippen LogP contribution in [0.2, 0.25) is 0 Å². The van der Waals surface area contributed by atoms with Gasteiger partial charge in [-0.2, -0.15) is 12.6 Å². The third-order valence-electron chi connectivity index (χ3n) is 2.30. The van der Waals surface area contributed by atoms with Crippen LogP contribution in [-0.2, 0) is 9.59 Å². The monoisotopic (exact) mass is 262 g/mol. The van der Waals surface area contributed by atoms with Gasteiger partial charge in [0.05, 0.1) is 6.04 Å². The number of nitrogens with one attached hydrogen (secondary N) is 1. The maximum atomic E-state index is 11.7. The van der Waals surface area contributed by atoms with E-state index in [-0.39, 0.29) is 5.92 Å². The Morgan fingerprint density at radius 2 is 1.88 bits per heavy atom. The van der Waals surface area contributed by atoms with E-state index >= 15 is 0 Å². The number of hydrogen-bond donors (Lipinski definition) is 4. The van der Waals surface area contributed by atoms with E-state index in [1.807, 2.05) is 13.8 Å². The first kappa shape index (κ1) is 16.2. The van der Waals surface area contributed by atoms with Gasteiger partial charge in [-0.15, -0.1) is 0 Å². The molecule has 0 aromatic rings. The van der Waals surface area contributed by atoms with Gasteiger partial charge in [-0.25, -0.2) is 4.79 Å². The molecule has 0 aromatic heterocycles. The van der Waals surface area contributed by atoms with E-state index in [1.54, 1.807) is 13.8 Å². The van der Waals surface area contributed by atoms with Crippen molar-refractivity contribution >= 4 is 24.5 Å². The van der Waals surface area contributed by atoms with Crippen LogP contribution in [0.5, 0.6) is 0 Å². The van der Waals surface area contributed by atoms with Gasteiger partial charge in [0.25, 0.3) is 0 Å². The molecular weight excluding hydrogens is 240 g/mol. The number of hydrogen-bond acceptors (Lipinski definition) is 4. The molecule has 0 aliphatic rings. The fraction of sp³-hybridized carbons (Fsp3) is 0.818. The fourth-order valence-electron chi connectivity index (χ4n) is 1.40. The Morgan fingerprint density at radius 1 is 1.41 bits per heavy atom. The SMILES string of the molecule is CC(C)C[C@H](N)C(=O)N[C@H](C(=O)O)C(C)(C)S. The molecule has 100 valence electrons. The molecule has 0 rings (SSSR count). The second-order valence-electron chi connectivity index (χ2n) is 5.17. The van der Waals surface area contributed by atoms with E-state index in [0.717, 1.165) is 0 Å². The molecular formula is C11H22N2O3S. The topological polar surface area (TPSA) is 92.4 Å². The molecule has 0 heterocycles. The summed E-state index contributed by atoms with van der Waals surface area (Å²) in [5.74, 6) is -1.29. The Bertz CT molecular complexity index is 287. The van der Waals surface area contributed by atoms with Gasteiger partial charge in [0, 0.05) is 4.75 Å². The minimum absolute atomic E-state index is 0.281. The molecule has 6 heteroatoms. The lowest BCUT2D eigenvalue weighted by Gasteiger charge is -2.28. The van der Waals surface area contributed by atoms with Gasteiger partial charge in [0.15, 0.2) is 0 Å². The summed E-state index contributed by atoms with van der Waals surface area (Å²) in [6, 6.07) is -1.75. The van der Waals surface area contributed by atoms with Crippen LogP contribution in [0.15, 0.2) is 0 Å². The number of amides is 1. The molecule has 2 atom stereocenters. The number of rotatable bonds is 6. The summed E-state index contributed by atoms with van der Waals surface area (Å²) < 4.78 is -0.848. The maximum absolute atomic E-state index is 11.7. The van der Waals surface area contributed by atoms with Crippen molar-refractivity contribution in [3.63, 3.8) is 0 Å². The molecule has 0 radical (unpaired) electrons. The second kappa shape index (κ2) is 6.26. The minimum Gasteiger partial charge on any atom is -0.480 e. The van der Waals surface area contributed by atoms with Crippen LogP contribution in [0.25, 0.3) is 0 Å². The van der Waals surface area contributed by atoms with Gasteiger partial charge >= 0.3 is 5.97 Å². The third kappa shape index (κ3) is 5.93. The van der Waals surface area contributed by atoms with Gasteiger partial charge in [-0.1, -0.05) is 13.8 Å². The van der Waals surface area contributed by atoms with Gasteiger partial charge in [-0.3, -0.25) is 4.79 Å². The number of nitrogens with two attached hydrogens (primary N) is 1. The highest BCUT2D eigenvalue weighted by molar-refractivity contribution is 7.81. The normalized spacial score (nSPS) is 15.5. The Labute approximate surface area is 108 Å². The average Bonchev–Trinajstić information content (AvgIpc) is 2.09. The highest BCUT2D eigenvalue weighted by Gasteiger charge is 2.34. The first-order valence-electron chi connectivity index (χ1n) is 5.56. The molecule has 0 unspecified atom stereocenters. The van der Waals surface area contributed by atoms with Crippen LogP contribution in [0.1, 0.15) is 34.1 Å². The van der Waals surface area contributed by atoms with Gasteiger partial charge in [0.2, 0.25) is 5.91 Å². The molecule has 0 aliphatic carbocycles. The van der Waals surface area contributed by atoms with Gasteiger partial charge < -0.3 is 16.2 Å². The number of carboxylic acids is 1. The van der Waals surface area contributed by atoms with Gasteiger partial charge in [-0.05, 0) is 26.2 Å². The molecule has 4 N–H and O–H groups in total. The molecule has 0 spiro atoms. The Kier molecular flexibility index (Phi) is 5.98. The fourth-order valence-corrected chi connectivity index (χ4v) is 1.58. The maximum Gasteiger partial charge on any atom is 0.327 e. The van der Waals surface area contributed by atoms with E-state index in [1.165, 1.54) is 0 Å². The van der Waals surface area contributed by atoms with E-state index in [9.17, 15) is 9.59 Å². The molecule has 0 fully saturated rings. The van der Waals surface area contributed by atoms with Crippen molar-refractivity contribution in [2.75, 3.05) is 0 Å². The van der Waals surface area contributed by atoms with E-state index < -0.39 is 28.7 Å². The van der Waals surface area contributed by atoms with E-state index in [4.69, 9.17) is 10.8 Å². The predicted octanol–water partition coefficient (Wildman–Crippen LogP) is 0.638. The van der Waals surface area contributed by atoms with Crippen molar-refractivity contribution in [3.8, 4) is 0 Å². The summed E-state index contributed by atoms with van der Waals surface area (Å²) in [6.07, 6.45) is 0.519. The molecule has 0 saturated carbocycles. The molecule has 0 aromatic carbocycles. The van der Waals surface area contributed by atoms with Crippen LogP contribution in [0, 0.1) is 5.92 Å². The standard InChI is InChI=1S/C11H22N2O3S/c1-6(2)5-7(12)9(14)13-8(10(15)16)11(3,4)17/h6-8,17H,5,12H2,1-4H3,(H,13,14)(H,15,16)/t7-,8+/m0/s1. The minimum atomic E-state index is -1.12. The number of carbonyl (C=O) groups is 2. The van der Waals surface area contributed by atoms with Crippen molar-refractivity contribution in [2.45, 2.75) is 50.9 Å². The Morgan fingerprint density at radius 3 is 2.18 bits per heavy atom. The van der Waals surface area contributed by atoms with Crippen LogP contribution in [-0.4, -0.2) is 33.8 Å². The van der Waals surface area contributed by atoms with Crippen LogP contribution >= 0.6 is 12.6 Å². The lowest BCUT2D eigenvalue weighted by atomic mass is 10.0. The summed E-state index contributed by atoms with van der Waals surface area (Å²) in [4.78, 5) is 22.7. The zero-order chi connectivity index (χ0) is 13.8. The number of aliphatic carboxylic acids is 1. The lowest BCUT2D eigenvalue weighted by Crippen LogP contribution is -2.55. The number of thiol groups is 1. The average molecular weight is 262 g/mol. The highest BCUT2D eigenvalue weighted by Crippen LogP contribution is 2.18. The highest BCUT2D eigenvalue weighted by atomic mass is 32.1. The predicted molar refractivity (Wildman–Crippen MR) is 70.1 cm³/mol. The van der Waals surface area contributed by atoms with Crippen molar-refractivity contribution in [2.24, 2.45) is 11.7 Å². The zero-order valence-corrected chi connectivity index (χ0v) is 11.6. The first-order chi connectivity index (χ1) is 7.55. The summed E-state index contributed by atoms with van der Waals surface area (Å²) in [7, 11) is 0. The summed E-state index contributed by atoms with van der Waals surface area (Å²) in [5.41, 5.74) is 5.68. The van der Waals surface area contributed by atoms with Crippen molar-refractivity contribution in [3.05, 3.63) is 0 Å². The quantitative estimate of drug-likeness (QED) is 0.528. The third-order valence-corrected chi connectivity index (χ3v) is 2.56. The Hall–Kier alpha value is -0.750. The largest absolute Gasteiger partial charge is 0.480 e. The first-order valence-corrected chi connectivity index (χ1v) is 6.01. The molecule has 1 amide bonds. The van der Waals surface area contributed by atoms with Crippen LogP contribution in [0.4, 0.5) is 0 Å². The van der Waals surface area contributed by atoms with Crippen molar-refractivity contribution in [1.29, 1.82) is 0 Å². The van der Waals surface area contributed by atoms with Crippen LogP contribution in [0.3, 0.4) is 0 Å². The molecule has 0 saturated heterocycles. The lowest BCUT2D eigenvalue weighted by molar-refractivity contribution is -0.142. The molecule has 0 aliphatic heterocycles. The zero-order valence-electron chi connectivity index (χ0n) is 10.7. The summed E-state index contributed by atoms with van der Waals surface area (Å²) >= 11 is 4.17. The second-order valence-corrected chi connectivity index (χ2v) is 6.32. The molecule has 0 bridgehead atoms. The number of carbonyl (C=O) groups excluding carboxylic acids is 1. The van der Waals surface area contributed by atoms with Gasteiger partial charge in [0.1, 0.15) is 6.04 Å². The Balaban J connectivity index is 4.58. The summed E-state index contributed by atoms with van der Waals surface area (Å²) in [6.45, 7) is 7.15. The number of carboxylic acid groups (broad SMARTS) is 1.